The van der Waals surface area contributed by atoms with Gasteiger partial charge in [0.15, 0.2) is 5.65 Å². The molecule has 3 aromatic heterocycles. The van der Waals surface area contributed by atoms with E-state index in [0.29, 0.717) is 43.2 Å². The van der Waals surface area contributed by atoms with Crippen LogP contribution in [0.3, 0.4) is 0 Å². The van der Waals surface area contributed by atoms with Gasteiger partial charge >= 0.3 is 0 Å². The Morgan fingerprint density at radius 3 is 2.52 bits per heavy atom. The van der Waals surface area contributed by atoms with Crippen molar-refractivity contribution in [1.29, 1.82) is 0 Å². The van der Waals surface area contributed by atoms with Gasteiger partial charge in [0.25, 0.3) is 11.6 Å². The molecule has 0 atom stereocenters. The number of fused-ring (bicyclic) bond motifs is 1. The van der Waals surface area contributed by atoms with Gasteiger partial charge in [-0.2, -0.15) is 5.10 Å². The summed E-state index contributed by atoms with van der Waals surface area (Å²) in [5.74, 6) is 0.640. The summed E-state index contributed by atoms with van der Waals surface area (Å²) >= 11 is 0. The first-order valence-electron chi connectivity index (χ1n) is 9.31. The molecule has 1 amide bonds. The smallest absolute Gasteiger partial charge is 0.287 e. The van der Waals surface area contributed by atoms with Gasteiger partial charge < -0.3 is 9.80 Å². The van der Waals surface area contributed by atoms with Gasteiger partial charge in [-0.25, -0.2) is 9.97 Å². The number of carbonyl (C=O) groups excluding carboxylic acids is 1. The molecule has 0 aromatic carbocycles. The Bertz CT molecular complexity index is 1100. The number of hydrogen-bond donors (Lipinski definition) is 0. The van der Waals surface area contributed by atoms with Gasteiger partial charge in [0, 0.05) is 45.0 Å². The van der Waals surface area contributed by atoms with E-state index in [0.717, 1.165) is 16.8 Å². The average molecular weight is 395 g/mol. The number of hydrogen-bond acceptors (Lipinski definition) is 7. The van der Waals surface area contributed by atoms with Crippen LogP contribution < -0.4 is 4.90 Å². The van der Waals surface area contributed by atoms with E-state index >= 15 is 0 Å². The summed E-state index contributed by atoms with van der Waals surface area (Å²) in [4.78, 5) is 36.1. The van der Waals surface area contributed by atoms with E-state index in [2.05, 4.69) is 15.1 Å². The third-order valence-electron chi connectivity index (χ3n) is 5.16. The Labute approximate surface area is 166 Å². The molecule has 0 radical (unpaired) electrons. The summed E-state index contributed by atoms with van der Waals surface area (Å²) in [6.07, 6.45) is 1.26. The Hall–Kier alpha value is -3.56. The SMILES string of the molecule is Cc1cc(C(=O)N2CCN(c3ccc([N+](=O)[O-])cn3)CC2)c2c(C)nn(C)c2n1. The van der Waals surface area contributed by atoms with Gasteiger partial charge in [0.05, 0.1) is 21.6 Å². The highest BCUT2D eigenvalue weighted by Gasteiger charge is 2.26. The second-order valence-electron chi connectivity index (χ2n) is 7.13. The van der Waals surface area contributed by atoms with Gasteiger partial charge in [-0.15, -0.1) is 0 Å². The maximum atomic E-state index is 13.2. The lowest BCUT2D eigenvalue weighted by atomic mass is 10.1. The maximum Gasteiger partial charge on any atom is 0.287 e. The van der Waals surface area contributed by atoms with Crippen LogP contribution in [0.5, 0.6) is 0 Å². The summed E-state index contributed by atoms with van der Waals surface area (Å²) in [6.45, 7) is 6.05. The molecule has 3 aromatic rings. The van der Waals surface area contributed by atoms with Crippen molar-refractivity contribution in [3.8, 4) is 0 Å². The summed E-state index contributed by atoms with van der Waals surface area (Å²) in [5.41, 5.74) is 2.86. The topological polar surface area (TPSA) is 110 Å². The lowest BCUT2D eigenvalue weighted by molar-refractivity contribution is -0.385. The van der Waals surface area contributed by atoms with E-state index < -0.39 is 4.92 Å². The fraction of sp³-hybridized carbons (Fsp3) is 0.368. The van der Waals surface area contributed by atoms with E-state index in [1.54, 1.807) is 10.7 Å². The minimum atomic E-state index is -0.467. The van der Waals surface area contributed by atoms with E-state index in [9.17, 15) is 14.9 Å². The predicted octanol–water partition coefficient (Wildman–Crippen LogP) is 1.85. The van der Waals surface area contributed by atoms with Crippen LogP contribution in [0.25, 0.3) is 11.0 Å². The van der Waals surface area contributed by atoms with Gasteiger partial charge in [-0.3, -0.25) is 19.6 Å². The zero-order valence-electron chi connectivity index (χ0n) is 16.5. The molecule has 10 heteroatoms. The minimum absolute atomic E-state index is 0.0343. The molecule has 0 unspecified atom stereocenters. The standard InChI is InChI=1S/C19H21N7O3/c1-12-10-15(17-13(2)22-23(3)18(17)21-12)19(27)25-8-6-24(7-9-25)16-5-4-14(11-20-16)26(28)29/h4-5,10-11H,6-9H2,1-3H3. The van der Waals surface area contributed by atoms with Crippen LogP contribution in [0.4, 0.5) is 11.5 Å². The highest BCUT2D eigenvalue weighted by Crippen LogP contribution is 2.24. The fourth-order valence-electron chi connectivity index (χ4n) is 3.72. The molecule has 0 saturated carbocycles. The Balaban J connectivity index is 1.52. The van der Waals surface area contributed by atoms with Crippen molar-refractivity contribution >= 4 is 28.4 Å². The predicted molar refractivity (Wildman–Crippen MR) is 107 cm³/mol. The quantitative estimate of drug-likeness (QED) is 0.491. The number of aryl methyl sites for hydroxylation is 3. The molecular formula is C19H21N7O3. The summed E-state index contributed by atoms with van der Waals surface area (Å²) < 4.78 is 1.70. The molecule has 4 heterocycles. The van der Waals surface area contributed by atoms with Crippen LogP contribution >= 0.6 is 0 Å². The zero-order chi connectivity index (χ0) is 20.7. The molecule has 0 N–H and O–H groups in total. The van der Waals surface area contributed by atoms with Crippen LogP contribution in [-0.4, -0.2) is 61.7 Å². The number of nitrogens with zero attached hydrogens (tertiary/aromatic N) is 7. The molecule has 150 valence electrons. The number of carbonyl (C=O) groups is 1. The molecule has 29 heavy (non-hydrogen) atoms. The lowest BCUT2D eigenvalue weighted by Crippen LogP contribution is -2.49. The molecule has 1 aliphatic rings. The number of aromatic nitrogens is 4. The molecule has 1 aliphatic heterocycles. The highest BCUT2D eigenvalue weighted by atomic mass is 16.6. The van der Waals surface area contributed by atoms with E-state index in [1.807, 2.05) is 36.8 Å². The first-order chi connectivity index (χ1) is 13.8. The van der Waals surface area contributed by atoms with Gasteiger partial charge in [-0.05, 0) is 26.0 Å². The third-order valence-corrected chi connectivity index (χ3v) is 5.16. The number of pyridine rings is 2. The van der Waals surface area contributed by atoms with Crippen LogP contribution in [0, 0.1) is 24.0 Å². The Morgan fingerprint density at radius 2 is 1.90 bits per heavy atom. The molecule has 0 spiro atoms. The Kier molecular flexibility index (Phi) is 4.61. The van der Waals surface area contributed by atoms with Gasteiger partial charge in [0.1, 0.15) is 12.0 Å². The van der Waals surface area contributed by atoms with Crippen molar-refractivity contribution in [2.75, 3.05) is 31.1 Å². The van der Waals surface area contributed by atoms with Crippen molar-refractivity contribution in [1.82, 2.24) is 24.6 Å². The van der Waals surface area contributed by atoms with Crippen molar-refractivity contribution in [3.63, 3.8) is 0 Å². The first kappa shape index (κ1) is 18.8. The monoisotopic (exact) mass is 395 g/mol. The van der Waals surface area contributed by atoms with Crippen LogP contribution in [-0.2, 0) is 7.05 Å². The van der Waals surface area contributed by atoms with Crippen LogP contribution in [0.15, 0.2) is 24.4 Å². The van der Waals surface area contributed by atoms with Gasteiger partial charge in [-0.1, -0.05) is 0 Å². The van der Waals surface area contributed by atoms with E-state index in [1.165, 1.54) is 12.3 Å². The summed E-state index contributed by atoms with van der Waals surface area (Å²) in [5, 5.41) is 16.0. The second-order valence-corrected chi connectivity index (χ2v) is 7.13. The number of nitro groups is 1. The highest BCUT2D eigenvalue weighted by molar-refractivity contribution is 6.06. The minimum Gasteiger partial charge on any atom is -0.353 e. The molecule has 0 bridgehead atoms. The van der Waals surface area contributed by atoms with E-state index in [-0.39, 0.29) is 11.6 Å². The zero-order valence-corrected chi connectivity index (χ0v) is 16.5. The third kappa shape index (κ3) is 3.37. The molecular weight excluding hydrogens is 374 g/mol. The molecule has 10 nitrogen and oxygen atoms in total. The first-order valence-corrected chi connectivity index (χ1v) is 9.31. The molecule has 1 saturated heterocycles. The maximum absolute atomic E-state index is 13.2. The van der Waals surface area contributed by atoms with Gasteiger partial charge in [0.2, 0.25) is 0 Å². The lowest BCUT2D eigenvalue weighted by Gasteiger charge is -2.35. The number of rotatable bonds is 3. The normalized spacial score (nSPS) is 14.4. The average Bonchev–Trinajstić information content (AvgIpc) is 3.00. The molecule has 4 rings (SSSR count). The molecule has 0 aliphatic carbocycles. The van der Waals surface area contributed by atoms with E-state index in [4.69, 9.17) is 0 Å². The van der Waals surface area contributed by atoms with Crippen molar-refractivity contribution in [3.05, 3.63) is 51.5 Å². The second kappa shape index (κ2) is 7.12. The van der Waals surface area contributed by atoms with Crippen molar-refractivity contribution < 1.29 is 9.72 Å². The van der Waals surface area contributed by atoms with Crippen LogP contribution in [0.2, 0.25) is 0 Å². The number of anilines is 1. The summed E-state index contributed by atoms with van der Waals surface area (Å²) in [6, 6.07) is 4.91. The molecule has 1 fully saturated rings. The fourth-order valence-corrected chi connectivity index (χ4v) is 3.72. The van der Waals surface area contributed by atoms with Crippen molar-refractivity contribution in [2.45, 2.75) is 13.8 Å². The summed E-state index contributed by atoms with van der Waals surface area (Å²) in [7, 11) is 1.83. The largest absolute Gasteiger partial charge is 0.353 e. The number of amides is 1. The number of piperazine rings is 1. The van der Waals surface area contributed by atoms with Crippen LogP contribution in [0.1, 0.15) is 21.7 Å². The van der Waals surface area contributed by atoms with Crippen molar-refractivity contribution in [2.24, 2.45) is 7.05 Å². The Morgan fingerprint density at radius 1 is 1.17 bits per heavy atom.